The van der Waals surface area contributed by atoms with Gasteiger partial charge in [-0.15, -0.1) is 0 Å². The number of fused-ring (bicyclic) bond motifs is 1. The highest BCUT2D eigenvalue weighted by atomic mass is 35.5. The monoisotopic (exact) mass is 321 g/mol. The van der Waals surface area contributed by atoms with Crippen LogP contribution in [0.1, 0.15) is 34.7 Å². The molecule has 2 aromatic carbocycles. The van der Waals surface area contributed by atoms with Crippen molar-refractivity contribution in [2.75, 3.05) is 7.11 Å². The van der Waals surface area contributed by atoms with Gasteiger partial charge in [0, 0.05) is 11.1 Å². The van der Waals surface area contributed by atoms with Gasteiger partial charge in [-0.25, -0.2) is 0 Å². The number of aryl methyl sites for hydroxylation is 2. The molecule has 1 aliphatic carbocycles. The van der Waals surface area contributed by atoms with Gasteiger partial charge in [-0.05, 0) is 47.6 Å². The average Bonchev–Trinajstić information content (AvgIpc) is 2.95. The number of benzene rings is 2. The van der Waals surface area contributed by atoms with Crippen molar-refractivity contribution in [1.29, 1.82) is 0 Å². The predicted molar refractivity (Wildman–Crippen MR) is 87.5 cm³/mol. The molecule has 0 fully saturated rings. The summed E-state index contributed by atoms with van der Waals surface area (Å²) in [6.45, 7) is 0. The van der Waals surface area contributed by atoms with Gasteiger partial charge in [-0.3, -0.25) is 0 Å². The second-order valence-corrected chi connectivity index (χ2v) is 6.18. The van der Waals surface area contributed by atoms with E-state index in [1.165, 1.54) is 24.0 Å². The highest BCUT2D eigenvalue weighted by Gasteiger charge is 2.18. The Bertz CT molecular complexity index is 685. The van der Waals surface area contributed by atoms with E-state index in [2.05, 4.69) is 18.2 Å². The maximum absolute atomic E-state index is 6.39. The summed E-state index contributed by atoms with van der Waals surface area (Å²) in [7, 11) is 1.57. The normalized spacial score (nSPS) is 14.9. The zero-order chi connectivity index (χ0) is 15.0. The molecule has 0 heterocycles. The molecule has 2 aromatic rings. The first-order valence-corrected chi connectivity index (χ1v) is 7.76. The second-order valence-electron chi connectivity index (χ2n) is 5.37. The van der Waals surface area contributed by atoms with E-state index in [9.17, 15) is 0 Å². The van der Waals surface area contributed by atoms with E-state index in [0.29, 0.717) is 15.8 Å². The summed E-state index contributed by atoms with van der Waals surface area (Å²) in [4.78, 5) is 0. The fourth-order valence-electron chi connectivity index (χ4n) is 2.90. The van der Waals surface area contributed by atoms with E-state index in [0.717, 1.165) is 17.5 Å². The molecular formula is C17H17Cl2NO. The van der Waals surface area contributed by atoms with Crippen LogP contribution in [0.2, 0.25) is 10.0 Å². The maximum Gasteiger partial charge on any atom is 0.138 e. The third-order valence-corrected chi connectivity index (χ3v) is 4.71. The van der Waals surface area contributed by atoms with Crippen LogP contribution in [0, 0.1) is 0 Å². The Morgan fingerprint density at radius 2 is 1.81 bits per heavy atom. The fourth-order valence-corrected chi connectivity index (χ4v) is 3.42. The number of methoxy groups -OCH3 is 1. The largest absolute Gasteiger partial charge is 0.495 e. The molecule has 0 radical (unpaired) electrons. The lowest BCUT2D eigenvalue weighted by molar-refractivity contribution is 0.415. The first kappa shape index (κ1) is 14.7. The standard InChI is InChI=1S/C17H17Cl2NO/c1-21-16-9-14(18)13(8-15(16)19)17(20)12-6-5-10-3-2-4-11(10)7-12/h5-9,17H,2-4,20H2,1H3. The van der Waals surface area contributed by atoms with Crippen LogP contribution in [0.4, 0.5) is 0 Å². The molecule has 110 valence electrons. The molecule has 1 unspecified atom stereocenters. The Morgan fingerprint density at radius 1 is 1.05 bits per heavy atom. The van der Waals surface area contributed by atoms with E-state index in [1.54, 1.807) is 19.2 Å². The number of ether oxygens (including phenoxy) is 1. The Balaban J connectivity index is 1.98. The van der Waals surface area contributed by atoms with Gasteiger partial charge in [-0.2, -0.15) is 0 Å². The molecule has 2 nitrogen and oxygen atoms in total. The molecule has 2 N–H and O–H groups in total. The van der Waals surface area contributed by atoms with Gasteiger partial charge >= 0.3 is 0 Å². The molecule has 0 aromatic heterocycles. The molecule has 0 amide bonds. The molecule has 1 aliphatic rings. The van der Waals surface area contributed by atoms with Crippen LogP contribution < -0.4 is 10.5 Å². The maximum atomic E-state index is 6.39. The molecule has 0 saturated heterocycles. The van der Waals surface area contributed by atoms with Crippen molar-refractivity contribution in [3.8, 4) is 5.75 Å². The molecule has 21 heavy (non-hydrogen) atoms. The van der Waals surface area contributed by atoms with Crippen molar-refractivity contribution < 1.29 is 4.74 Å². The molecule has 0 bridgehead atoms. The van der Waals surface area contributed by atoms with Gasteiger partial charge in [0.2, 0.25) is 0 Å². The average molecular weight is 322 g/mol. The minimum atomic E-state index is -0.285. The Kier molecular flexibility index (Phi) is 4.12. The predicted octanol–water partition coefficient (Wildman–Crippen LogP) is 4.54. The van der Waals surface area contributed by atoms with E-state index in [1.807, 2.05) is 0 Å². The second kappa shape index (κ2) is 5.88. The Hall–Kier alpha value is -1.22. The lowest BCUT2D eigenvalue weighted by Gasteiger charge is -2.17. The molecule has 0 aliphatic heterocycles. The van der Waals surface area contributed by atoms with Crippen LogP contribution in [-0.2, 0) is 12.8 Å². The summed E-state index contributed by atoms with van der Waals surface area (Å²) in [5, 5.41) is 1.10. The lowest BCUT2D eigenvalue weighted by atomic mass is 9.96. The van der Waals surface area contributed by atoms with Crippen LogP contribution in [0.25, 0.3) is 0 Å². The van der Waals surface area contributed by atoms with E-state index in [4.69, 9.17) is 33.7 Å². The highest BCUT2D eigenvalue weighted by Crippen LogP contribution is 2.36. The highest BCUT2D eigenvalue weighted by molar-refractivity contribution is 6.34. The summed E-state index contributed by atoms with van der Waals surface area (Å²) in [6.07, 6.45) is 3.52. The number of rotatable bonds is 3. The first-order chi connectivity index (χ1) is 10.1. The topological polar surface area (TPSA) is 35.2 Å². The summed E-state index contributed by atoms with van der Waals surface area (Å²) in [5.41, 5.74) is 11.1. The van der Waals surface area contributed by atoms with E-state index in [-0.39, 0.29) is 6.04 Å². The molecule has 3 rings (SSSR count). The zero-order valence-corrected chi connectivity index (χ0v) is 13.3. The van der Waals surface area contributed by atoms with Crippen molar-refractivity contribution >= 4 is 23.2 Å². The summed E-state index contributed by atoms with van der Waals surface area (Å²) < 4.78 is 5.17. The minimum Gasteiger partial charge on any atom is -0.495 e. The lowest BCUT2D eigenvalue weighted by Crippen LogP contribution is -2.13. The van der Waals surface area contributed by atoms with Gasteiger partial charge in [-0.1, -0.05) is 41.4 Å². The number of halogens is 2. The van der Waals surface area contributed by atoms with Gasteiger partial charge in [0.05, 0.1) is 18.2 Å². The van der Waals surface area contributed by atoms with Crippen molar-refractivity contribution in [3.05, 3.63) is 62.6 Å². The quantitative estimate of drug-likeness (QED) is 0.900. The third kappa shape index (κ3) is 2.76. The molecule has 0 spiro atoms. The zero-order valence-electron chi connectivity index (χ0n) is 11.8. The SMILES string of the molecule is COc1cc(Cl)c(C(N)c2ccc3c(c2)CCC3)cc1Cl. The van der Waals surface area contributed by atoms with Crippen LogP contribution in [-0.4, -0.2) is 7.11 Å². The van der Waals surface area contributed by atoms with Crippen LogP contribution >= 0.6 is 23.2 Å². The Labute approximate surface area is 134 Å². The summed E-state index contributed by atoms with van der Waals surface area (Å²) >= 11 is 12.5. The minimum absolute atomic E-state index is 0.285. The summed E-state index contributed by atoms with van der Waals surface area (Å²) in [6, 6.07) is 9.68. The third-order valence-electron chi connectivity index (χ3n) is 4.09. The number of hydrogen-bond acceptors (Lipinski definition) is 2. The van der Waals surface area contributed by atoms with Gasteiger partial charge in [0.25, 0.3) is 0 Å². The van der Waals surface area contributed by atoms with Crippen molar-refractivity contribution in [2.24, 2.45) is 5.73 Å². The summed E-state index contributed by atoms with van der Waals surface area (Å²) in [5.74, 6) is 0.562. The molecule has 0 saturated carbocycles. The van der Waals surface area contributed by atoms with E-state index < -0.39 is 0 Å². The van der Waals surface area contributed by atoms with Gasteiger partial charge in [0.1, 0.15) is 5.75 Å². The van der Waals surface area contributed by atoms with Crippen LogP contribution in [0.5, 0.6) is 5.75 Å². The van der Waals surface area contributed by atoms with Crippen molar-refractivity contribution in [3.63, 3.8) is 0 Å². The molecule has 4 heteroatoms. The van der Waals surface area contributed by atoms with Gasteiger partial charge in [0.15, 0.2) is 0 Å². The Morgan fingerprint density at radius 3 is 2.57 bits per heavy atom. The molecule has 1 atom stereocenters. The van der Waals surface area contributed by atoms with Crippen LogP contribution in [0.3, 0.4) is 0 Å². The fraction of sp³-hybridized carbons (Fsp3) is 0.294. The van der Waals surface area contributed by atoms with Crippen molar-refractivity contribution in [1.82, 2.24) is 0 Å². The van der Waals surface area contributed by atoms with Crippen molar-refractivity contribution in [2.45, 2.75) is 25.3 Å². The van der Waals surface area contributed by atoms with Gasteiger partial charge < -0.3 is 10.5 Å². The number of hydrogen-bond donors (Lipinski definition) is 1. The smallest absolute Gasteiger partial charge is 0.138 e. The van der Waals surface area contributed by atoms with E-state index >= 15 is 0 Å². The first-order valence-electron chi connectivity index (χ1n) is 7.00. The number of nitrogens with two attached hydrogens (primary N) is 1. The van der Waals surface area contributed by atoms with Crippen LogP contribution in [0.15, 0.2) is 30.3 Å². The molecular weight excluding hydrogens is 305 g/mol.